The average Bonchev–Trinajstić information content (AvgIpc) is 2.66. The van der Waals surface area contributed by atoms with Crippen molar-refractivity contribution in [2.75, 3.05) is 58.3 Å². The molecule has 0 aliphatic carbocycles. The van der Waals surface area contributed by atoms with Gasteiger partial charge in [0, 0.05) is 46.5 Å². The molecule has 0 saturated carbocycles. The first-order chi connectivity index (χ1) is 12.4. The fraction of sp³-hybridized carbons (Fsp3) is 0.529. The number of aromatic nitrogens is 1. The summed E-state index contributed by atoms with van der Waals surface area (Å²) in [6, 6.07) is 3.35. The molecule has 1 aliphatic heterocycles. The zero-order valence-corrected chi connectivity index (χ0v) is 15.4. The van der Waals surface area contributed by atoms with E-state index in [0.29, 0.717) is 44.2 Å². The van der Waals surface area contributed by atoms with Gasteiger partial charge in [0.05, 0.1) is 18.7 Å². The standard InChI is InChI=1S/C17H25N5O4/c1-4-26-17(25)22-10-8-21(9-11-22)14(23)12-19-16(24)13-6-5-7-18-15(13)20(2)3/h5-7H,4,8-12H2,1-3H3,(H,19,24). The molecule has 1 aliphatic rings. The third kappa shape index (κ3) is 4.84. The van der Waals surface area contributed by atoms with Crippen molar-refractivity contribution >= 4 is 23.7 Å². The highest BCUT2D eigenvalue weighted by molar-refractivity contribution is 6.00. The smallest absolute Gasteiger partial charge is 0.409 e. The molecule has 1 saturated heterocycles. The maximum atomic E-state index is 12.4. The monoisotopic (exact) mass is 363 g/mol. The van der Waals surface area contributed by atoms with Crippen molar-refractivity contribution in [1.29, 1.82) is 0 Å². The lowest BCUT2D eigenvalue weighted by atomic mass is 10.2. The molecule has 2 rings (SSSR count). The van der Waals surface area contributed by atoms with Crippen LogP contribution in [0.2, 0.25) is 0 Å². The fourth-order valence-corrected chi connectivity index (χ4v) is 2.65. The number of nitrogens with one attached hydrogen (secondary N) is 1. The molecule has 9 nitrogen and oxygen atoms in total. The first-order valence-electron chi connectivity index (χ1n) is 8.54. The highest BCUT2D eigenvalue weighted by atomic mass is 16.6. The van der Waals surface area contributed by atoms with Crippen molar-refractivity contribution in [2.24, 2.45) is 0 Å². The third-order valence-corrected chi connectivity index (χ3v) is 4.01. The number of nitrogens with zero attached hydrogens (tertiary/aromatic N) is 4. The van der Waals surface area contributed by atoms with Gasteiger partial charge in [-0.25, -0.2) is 9.78 Å². The van der Waals surface area contributed by atoms with Gasteiger partial charge in [0.15, 0.2) is 0 Å². The molecule has 0 bridgehead atoms. The molecular weight excluding hydrogens is 338 g/mol. The molecule has 1 aromatic rings. The van der Waals surface area contributed by atoms with Crippen LogP contribution in [0.4, 0.5) is 10.6 Å². The molecule has 0 radical (unpaired) electrons. The van der Waals surface area contributed by atoms with Gasteiger partial charge in [-0.3, -0.25) is 9.59 Å². The van der Waals surface area contributed by atoms with E-state index < -0.39 is 0 Å². The number of anilines is 1. The van der Waals surface area contributed by atoms with E-state index in [1.165, 1.54) is 0 Å². The number of piperazine rings is 1. The van der Waals surface area contributed by atoms with E-state index in [-0.39, 0.29) is 24.5 Å². The molecule has 3 amide bonds. The summed E-state index contributed by atoms with van der Waals surface area (Å²) in [5.41, 5.74) is 0.414. The van der Waals surface area contributed by atoms with Crippen molar-refractivity contribution in [1.82, 2.24) is 20.1 Å². The Morgan fingerprint density at radius 1 is 1.19 bits per heavy atom. The Morgan fingerprint density at radius 2 is 1.85 bits per heavy atom. The van der Waals surface area contributed by atoms with E-state index >= 15 is 0 Å². The van der Waals surface area contributed by atoms with E-state index in [0.717, 1.165) is 0 Å². The summed E-state index contributed by atoms with van der Waals surface area (Å²) in [5, 5.41) is 2.64. The van der Waals surface area contributed by atoms with Crippen molar-refractivity contribution in [3.05, 3.63) is 23.9 Å². The van der Waals surface area contributed by atoms with Crippen LogP contribution in [0.25, 0.3) is 0 Å². The maximum Gasteiger partial charge on any atom is 0.409 e. The Kier molecular flexibility index (Phi) is 6.76. The normalized spacial score (nSPS) is 14.0. The number of ether oxygens (including phenoxy) is 1. The van der Waals surface area contributed by atoms with E-state index in [4.69, 9.17) is 4.74 Å². The number of carbonyl (C=O) groups is 3. The minimum absolute atomic E-state index is 0.0972. The first-order valence-corrected chi connectivity index (χ1v) is 8.54. The summed E-state index contributed by atoms with van der Waals surface area (Å²) in [5.74, 6) is 0.0120. The van der Waals surface area contributed by atoms with Crippen LogP contribution in [-0.4, -0.2) is 86.1 Å². The number of rotatable bonds is 5. The van der Waals surface area contributed by atoms with Crippen LogP contribution in [0.1, 0.15) is 17.3 Å². The van der Waals surface area contributed by atoms with Crippen LogP contribution in [0.5, 0.6) is 0 Å². The Morgan fingerprint density at radius 3 is 2.46 bits per heavy atom. The predicted octanol–water partition coefficient (Wildman–Crippen LogP) is 0.178. The molecule has 1 aromatic heterocycles. The van der Waals surface area contributed by atoms with Gasteiger partial charge >= 0.3 is 6.09 Å². The number of amides is 3. The number of carbonyl (C=O) groups excluding carboxylic acids is 3. The second kappa shape index (κ2) is 9.02. The van der Waals surface area contributed by atoms with Gasteiger partial charge in [0.2, 0.25) is 5.91 Å². The van der Waals surface area contributed by atoms with Crippen molar-refractivity contribution in [3.63, 3.8) is 0 Å². The van der Waals surface area contributed by atoms with E-state index in [1.807, 2.05) is 0 Å². The van der Waals surface area contributed by atoms with Crippen molar-refractivity contribution in [3.8, 4) is 0 Å². The molecule has 1 fully saturated rings. The van der Waals surface area contributed by atoms with Gasteiger partial charge in [-0.15, -0.1) is 0 Å². The molecule has 0 aromatic carbocycles. The lowest BCUT2D eigenvalue weighted by molar-refractivity contribution is -0.131. The van der Waals surface area contributed by atoms with Crippen molar-refractivity contribution in [2.45, 2.75) is 6.92 Å². The molecule has 26 heavy (non-hydrogen) atoms. The van der Waals surface area contributed by atoms with Crippen molar-refractivity contribution < 1.29 is 19.1 Å². The highest BCUT2D eigenvalue weighted by Gasteiger charge is 2.25. The predicted molar refractivity (Wildman–Crippen MR) is 96.1 cm³/mol. The maximum absolute atomic E-state index is 12.4. The molecular formula is C17H25N5O4. The second-order valence-corrected chi connectivity index (χ2v) is 6.02. The largest absolute Gasteiger partial charge is 0.450 e. The average molecular weight is 363 g/mol. The van der Waals surface area contributed by atoms with Gasteiger partial charge in [0.25, 0.3) is 5.91 Å². The number of hydrogen-bond donors (Lipinski definition) is 1. The molecule has 0 spiro atoms. The van der Waals surface area contributed by atoms with Crippen LogP contribution in [-0.2, 0) is 9.53 Å². The van der Waals surface area contributed by atoms with Gasteiger partial charge in [-0.1, -0.05) is 0 Å². The summed E-state index contributed by atoms with van der Waals surface area (Å²) in [6.45, 7) is 3.67. The Balaban J connectivity index is 1.84. The summed E-state index contributed by atoms with van der Waals surface area (Å²) in [7, 11) is 3.60. The summed E-state index contributed by atoms with van der Waals surface area (Å²) in [4.78, 5) is 45.4. The zero-order chi connectivity index (χ0) is 19.1. The van der Waals surface area contributed by atoms with E-state index in [2.05, 4.69) is 10.3 Å². The zero-order valence-electron chi connectivity index (χ0n) is 15.4. The fourth-order valence-electron chi connectivity index (χ4n) is 2.65. The van der Waals surface area contributed by atoms with Crippen LogP contribution in [0.3, 0.4) is 0 Å². The van der Waals surface area contributed by atoms with Gasteiger partial charge in [-0.2, -0.15) is 0 Å². The molecule has 142 valence electrons. The van der Waals surface area contributed by atoms with E-state index in [1.54, 1.807) is 54.0 Å². The van der Waals surface area contributed by atoms with Crippen LogP contribution in [0, 0.1) is 0 Å². The summed E-state index contributed by atoms with van der Waals surface area (Å²) >= 11 is 0. The topological polar surface area (TPSA) is 95.1 Å². The Bertz CT molecular complexity index is 656. The minimum atomic E-state index is -0.360. The quantitative estimate of drug-likeness (QED) is 0.802. The third-order valence-electron chi connectivity index (χ3n) is 4.01. The molecule has 0 atom stereocenters. The molecule has 2 heterocycles. The first kappa shape index (κ1) is 19.5. The number of pyridine rings is 1. The molecule has 9 heteroatoms. The van der Waals surface area contributed by atoms with Crippen LogP contribution < -0.4 is 10.2 Å². The van der Waals surface area contributed by atoms with Gasteiger partial charge in [0.1, 0.15) is 5.82 Å². The van der Waals surface area contributed by atoms with Crippen LogP contribution >= 0.6 is 0 Å². The molecule has 0 unspecified atom stereocenters. The lowest BCUT2D eigenvalue weighted by Gasteiger charge is -2.34. The summed E-state index contributed by atoms with van der Waals surface area (Å²) in [6.07, 6.45) is 1.25. The van der Waals surface area contributed by atoms with Gasteiger partial charge < -0.3 is 24.8 Å². The highest BCUT2D eigenvalue weighted by Crippen LogP contribution is 2.14. The van der Waals surface area contributed by atoms with Crippen LogP contribution in [0.15, 0.2) is 18.3 Å². The Hall–Kier alpha value is -2.84. The molecule has 1 N–H and O–H groups in total. The van der Waals surface area contributed by atoms with E-state index in [9.17, 15) is 14.4 Å². The number of hydrogen-bond acceptors (Lipinski definition) is 6. The van der Waals surface area contributed by atoms with Gasteiger partial charge in [-0.05, 0) is 19.1 Å². The minimum Gasteiger partial charge on any atom is -0.450 e. The SMILES string of the molecule is CCOC(=O)N1CCN(C(=O)CNC(=O)c2cccnc2N(C)C)CC1. The second-order valence-electron chi connectivity index (χ2n) is 6.02. The Labute approximate surface area is 152 Å². The lowest BCUT2D eigenvalue weighted by Crippen LogP contribution is -2.52. The summed E-state index contributed by atoms with van der Waals surface area (Å²) < 4.78 is 4.95.